The SMILES string of the molecule is C[C@@H]1OCC2(CCOCC2)c2cc(F)cc([C@H](C(=O)O)N(C)[C@H]3CC[C@H](OCCCCc4ccc5c(n4)NCCC5)C3)c21. The number of nitrogens with one attached hydrogen (secondary N) is 1. The molecule has 0 unspecified atom stereocenters. The number of anilines is 1. The topological polar surface area (TPSA) is 93.2 Å². The number of pyridine rings is 1. The molecule has 43 heavy (non-hydrogen) atoms. The van der Waals surface area contributed by atoms with Gasteiger partial charge in [-0.1, -0.05) is 6.07 Å². The quantitative estimate of drug-likeness (QED) is 0.336. The summed E-state index contributed by atoms with van der Waals surface area (Å²) < 4.78 is 33.3. The van der Waals surface area contributed by atoms with E-state index in [4.69, 9.17) is 19.2 Å². The maximum Gasteiger partial charge on any atom is 0.325 e. The lowest BCUT2D eigenvalue weighted by Gasteiger charge is -2.45. The monoisotopic (exact) mass is 595 g/mol. The van der Waals surface area contributed by atoms with E-state index in [1.807, 2.05) is 18.9 Å². The van der Waals surface area contributed by atoms with Crippen LogP contribution >= 0.6 is 0 Å². The number of fused-ring (bicyclic) bond motifs is 3. The van der Waals surface area contributed by atoms with Gasteiger partial charge in [0.25, 0.3) is 0 Å². The maximum atomic E-state index is 15.2. The van der Waals surface area contributed by atoms with Crippen LogP contribution in [0.25, 0.3) is 0 Å². The van der Waals surface area contributed by atoms with E-state index < -0.39 is 12.0 Å². The highest BCUT2D eigenvalue weighted by Gasteiger charge is 2.45. The molecule has 3 aliphatic heterocycles. The van der Waals surface area contributed by atoms with Gasteiger partial charge in [-0.2, -0.15) is 0 Å². The zero-order valence-corrected chi connectivity index (χ0v) is 25.6. The molecule has 4 atom stereocenters. The molecule has 1 aromatic carbocycles. The number of nitrogens with zero attached hydrogens (tertiary/aromatic N) is 2. The van der Waals surface area contributed by atoms with E-state index in [0.29, 0.717) is 32.0 Å². The Hall–Kier alpha value is -2.59. The number of halogens is 1. The fraction of sp³-hybridized carbons (Fsp3) is 0.647. The van der Waals surface area contributed by atoms with Crippen molar-refractivity contribution in [3.63, 3.8) is 0 Å². The summed E-state index contributed by atoms with van der Waals surface area (Å²) in [5, 5.41) is 13.9. The van der Waals surface area contributed by atoms with Crippen molar-refractivity contribution in [2.45, 2.75) is 101 Å². The third-order valence-corrected chi connectivity index (χ3v) is 10.2. The van der Waals surface area contributed by atoms with E-state index in [0.717, 1.165) is 93.4 Å². The van der Waals surface area contributed by atoms with Crippen LogP contribution in [0.4, 0.5) is 10.2 Å². The number of rotatable bonds is 10. The van der Waals surface area contributed by atoms with Crippen LogP contribution in [0.1, 0.15) is 98.4 Å². The first-order valence-electron chi connectivity index (χ1n) is 16.2. The predicted octanol–water partition coefficient (Wildman–Crippen LogP) is 5.74. The van der Waals surface area contributed by atoms with Crippen molar-refractivity contribution in [2.24, 2.45) is 0 Å². The van der Waals surface area contributed by atoms with Crippen molar-refractivity contribution in [1.29, 1.82) is 0 Å². The first kappa shape index (κ1) is 30.4. The van der Waals surface area contributed by atoms with Gasteiger partial charge in [-0.25, -0.2) is 9.37 Å². The summed E-state index contributed by atoms with van der Waals surface area (Å²) in [5.74, 6) is -0.308. The number of carbonyl (C=O) groups is 1. The Balaban J connectivity index is 1.07. The summed E-state index contributed by atoms with van der Waals surface area (Å²) in [6, 6.07) is 6.45. The molecule has 1 spiro atoms. The highest BCUT2D eigenvalue weighted by Crippen LogP contribution is 2.47. The first-order chi connectivity index (χ1) is 20.8. The van der Waals surface area contributed by atoms with Crippen LogP contribution in [-0.4, -0.2) is 73.1 Å². The third-order valence-electron chi connectivity index (χ3n) is 10.2. The van der Waals surface area contributed by atoms with Gasteiger partial charge < -0.3 is 24.6 Å². The lowest BCUT2D eigenvalue weighted by Crippen LogP contribution is -2.44. The second-order valence-electron chi connectivity index (χ2n) is 13.0. The van der Waals surface area contributed by atoms with Crippen molar-refractivity contribution < 1.29 is 28.5 Å². The molecule has 2 aromatic rings. The molecule has 1 aromatic heterocycles. The summed E-state index contributed by atoms with van der Waals surface area (Å²) in [6.45, 7) is 5.32. The molecular formula is C34H46FN3O5. The van der Waals surface area contributed by atoms with Gasteiger partial charge in [0.05, 0.1) is 18.8 Å². The normalized spacial score (nSPS) is 25.3. The third kappa shape index (κ3) is 6.46. The second-order valence-corrected chi connectivity index (χ2v) is 13.0. The van der Waals surface area contributed by atoms with Crippen LogP contribution in [0.15, 0.2) is 24.3 Å². The molecule has 234 valence electrons. The lowest BCUT2D eigenvalue weighted by molar-refractivity contribution is -0.144. The number of benzene rings is 1. The molecule has 4 heterocycles. The predicted molar refractivity (Wildman–Crippen MR) is 162 cm³/mol. The van der Waals surface area contributed by atoms with Gasteiger partial charge in [0.2, 0.25) is 0 Å². The summed E-state index contributed by atoms with van der Waals surface area (Å²) >= 11 is 0. The van der Waals surface area contributed by atoms with Crippen LogP contribution in [0.5, 0.6) is 0 Å². The Labute approximate surface area is 254 Å². The molecule has 1 saturated heterocycles. The van der Waals surface area contributed by atoms with E-state index in [-0.39, 0.29) is 29.5 Å². The van der Waals surface area contributed by atoms with Crippen LogP contribution in [-0.2, 0) is 37.3 Å². The Morgan fingerprint density at radius 2 is 2.09 bits per heavy atom. The number of aliphatic carboxylic acids is 1. The minimum atomic E-state index is -0.968. The zero-order chi connectivity index (χ0) is 30.0. The molecule has 2 fully saturated rings. The highest BCUT2D eigenvalue weighted by atomic mass is 19.1. The number of carboxylic acid groups (broad SMARTS) is 1. The Morgan fingerprint density at radius 1 is 1.26 bits per heavy atom. The minimum absolute atomic E-state index is 0.0362. The molecule has 0 radical (unpaired) electrons. The van der Waals surface area contributed by atoms with Crippen LogP contribution in [0, 0.1) is 5.82 Å². The number of hydrogen-bond donors (Lipinski definition) is 2. The maximum absolute atomic E-state index is 15.2. The number of carboxylic acids is 1. The number of likely N-dealkylation sites (N-methyl/N-ethyl adjacent to an activating group) is 1. The van der Waals surface area contributed by atoms with Crippen LogP contribution < -0.4 is 5.32 Å². The molecule has 4 aliphatic rings. The second kappa shape index (κ2) is 13.2. The molecule has 1 saturated carbocycles. The van der Waals surface area contributed by atoms with Crippen molar-refractivity contribution in [2.75, 3.05) is 45.3 Å². The fourth-order valence-electron chi connectivity index (χ4n) is 7.72. The molecule has 6 rings (SSSR count). The van der Waals surface area contributed by atoms with Gasteiger partial charge in [0.15, 0.2) is 0 Å². The molecule has 0 bridgehead atoms. The fourth-order valence-corrected chi connectivity index (χ4v) is 7.72. The van der Waals surface area contributed by atoms with E-state index in [9.17, 15) is 9.90 Å². The average molecular weight is 596 g/mol. The van der Waals surface area contributed by atoms with Crippen molar-refractivity contribution in [3.05, 3.63) is 58.0 Å². The van der Waals surface area contributed by atoms with Gasteiger partial charge in [0, 0.05) is 43.5 Å². The van der Waals surface area contributed by atoms with E-state index in [1.54, 1.807) is 6.07 Å². The molecule has 0 amide bonds. The molecule has 1 aliphatic carbocycles. The Bertz CT molecular complexity index is 1300. The standard InChI is InChI=1S/C34H46FN3O5/c1-22-30-28(18-24(35)19-29(30)34(21-43-22)12-16-41-17-13-34)31(33(39)40)38(2)26-10-11-27(20-26)42-15-4-3-7-25-9-8-23-6-5-14-36-32(23)37-25/h8-9,18-19,22,26-27,31H,3-7,10-17,20-21H2,1-2H3,(H,36,37)(H,39,40)/t22-,26-,27-,31+/m0/s1. The van der Waals surface area contributed by atoms with Gasteiger partial charge in [-0.3, -0.25) is 9.69 Å². The molecular weight excluding hydrogens is 549 g/mol. The Morgan fingerprint density at radius 3 is 2.91 bits per heavy atom. The van der Waals surface area contributed by atoms with Crippen molar-refractivity contribution >= 4 is 11.8 Å². The summed E-state index contributed by atoms with van der Waals surface area (Å²) in [6.07, 6.45) is 8.96. The number of aromatic nitrogens is 1. The number of unbranched alkanes of at least 4 members (excludes halogenated alkanes) is 1. The summed E-state index contributed by atoms with van der Waals surface area (Å²) in [4.78, 5) is 19.5. The van der Waals surface area contributed by atoms with Gasteiger partial charge in [-0.05, 0) is 119 Å². The number of aryl methyl sites for hydroxylation is 2. The van der Waals surface area contributed by atoms with Crippen LogP contribution in [0.2, 0.25) is 0 Å². The molecule has 2 N–H and O–H groups in total. The lowest BCUT2D eigenvalue weighted by atomic mass is 9.69. The number of ether oxygens (including phenoxy) is 3. The molecule has 8 nitrogen and oxygen atoms in total. The largest absolute Gasteiger partial charge is 0.480 e. The van der Waals surface area contributed by atoms with Gasteiger partial charge >= 0.3 is 5.97 Å². The minimum Gasteiger partial charge on any atom is -0.480 e. The van der Waals surface area contributed by atoms with Crippen LogP contribution in [0.3, 0.4) is 0 Å². The average Bonchev–Trinajstić information content (AvgIpc) is 3.48. The van der Waals surface area contributed by atoms with Gasteiger partial charge in [-0.15, -0.1) is 0 Å². The zero-order valence-electron chi connectivity index (χ0n) is 25.6. The van der Waals surface area contributed by atoms with E-state index in [2.05, 4.69) is 17.4 Å². The first-order valence-corrected chi connectivity index (χ1v) is 16.2. The number of hydrogen-bond acceptors (Lipinski definition) is 7. The molecule has 9 heteroatoms. The Kier molecular flexibility index (Phi) is 9.33. The van der Waals surface area contributed by atoms with E-state index in [1.165, 1.54) is 11.6 Å². The van der Waals surface area contributed by atoms with Crippen molar-refractivity contribution in [3.8, 4) is 0 Å². The van der Waals surface area contributed by atoms with Gasteiger partial charge in [0.1, 0.15) is 17.7 Å². The smallest absolute Gasteiger partial charge is 0.325 e. The van der Waals surface area contributed by atoms with E-state index >= 15 is 4.39 Å². The van der Waals surface area contributed by atoms with Crippen molar-refractivity contribution in [1.82, 2.24) is 9.88 Å². The highest BCUT2D eigenvalue weighted by molar-refractivity contribution is 5.77. The summed E-state index contributed by atoms with van der Waals surface area (Å²) in [7, 11) is 1.86. The summed E-state index contributed by atoms with van der Waals surface area (Å²) in [5.41, 5.74) is 4.35.